The minimum absolute atomic E-state index is 0.542. The Hall–Kier alpha value is -3.04. The second kappa shape index (κ2) is 8.71. The van der Waals surface area contributed by atoms with Crippen molar-refractivity contribution in [3.05, 3.63) is 71.5 Å². The van der Waals surface area contributed by atoms with E-state index in [1.807, 2.05) is 42.5 Å². The van der Waals surface area contributed by atoms with Gasteiger partial charge in [0.2, 0.25) is 5.16 Å². The fraction of sp³-hybridized carbons (Fsp3) is 0.105. The highest BCUT2D eigenvalue weighted by Crippen LogP contribution is 2.15. The van der Waals surface area contributed by atoms with Gasteiger partial charge in [0.1, 0.15) is 11.6 Å². The van der Waals surface area contributed by atoms with E-state index in [-0.39, 0.29) is 0 Å². The molecule has 1 heterocycles. The highest BCUT2D eigenvalue weighted by molar-refractivity contribution is 7.99. The van der Waals surface area contributed by atoms with Crippen molar-refractivity contribution >= 4 is 23.9 Å². The molecule has 0 aliphatic rings. The van der Waals surface area contributed by atoms with Crippen LogP contribution in [0, 0.1) is 11.3 Å². The maximum atomic E-state index is 8.76. The molecule has 1 N–H and O–H groups in total. The highest BCUT2D eigenvalue weighted by atomic mass is 32.2. The van der Waals surface area contributed by atoms with Crippen LogP contribution in [0.4, 0.5) is 0 Å². The Bertz CT molecular complexity index is 866. The molecule has 0 aliphatic heterocycles. The normalized spacial score (nSPS) is 10.7. The van der Waals surface area contributed by atoms with E-state index >= 15 is 0 Å². The average Bonchev–Trinajstić information content (AvgIpc) is 3.13. The molecular weight excluding hydrogens is 332 g/mol. The van der Waals surface area contributed by atoms with Crippen molar-refractivity contribution in [1.82, 2.24) is 15.2 Å². The molecular formula is C19H16N4OS. The van der Waals surface area contributed by atoms with Crippen molar-refractivity contribution in [3.63, 3.8) is 0 Å². The number of ether oxygens (including phenoxy) is 1. The smallest absolute Gasteiger partial charge is 0.208 e. The molecule has 0 atom stereocenters. The van der Waals surface area contributed by atoms with E-state index in [2.05, 4.69) is 21.3 Å². The summed E-state index contributed by atoms with van der Waals surface area (Å²) in [5.74, 6) is 2.21. The molecule has 0 spiro atoms. The largest absolute Gasteiger partial charge is 0.493 e. The van der Waals surface area contributed by atoms with Crippen molar-refractivity contribution in [2.75, 3.05) is 12.4 Å². The predicted octanol–water partition coefficient (Wildman–Crippen LogP) is 4.02. The lowest BCUT2D eigenvalue weighted by molar-refractivity contribution is 0.344. The molecule has 0 fully saturated rings. The summed E-state index contributed by atoms with van der Waals surface area (Å²) in [5.41, 5.74) is 1.74. The number of nitriles is 1. The minimum Gasteiger partial charge on any atom is -0.493 e. The Morgan fingerprint density at radius 2 is 1.88 bits per heavy atom. The molecule has 0 saturated carbocycles. The molecule has 0 saturated heterocycles. The van der Waals surface area contributed by atoms with Crippen molar-refractivity contribution in [2.24, 2.45) is 0 Å². The number of nitrogens with one attached hydrogen (secondary N) is 1. The molecule has 25 heavy (non-hydrogen) atoms. The van der Waals surface area contributed by atoms with E-state index < -0.39 is 0 Å². The molecule has 3 rings (SSSR count). The lowest BCUT2D eigenvalue weighted by Crippen LogP contribution is -2.00. The van der Waals surface area contributed by atoms with Gasteiger partial charge in [-0.2, -0.15) is 5.26 Å². The van der Waals surface area contributed by atoms with Gasteiger partial charge < -0.3 is 4.74 Å². The first-order chi connectivity index (χ1) is 12.3. The zero-order valence-corrected chi connectivity index (χ0v) is 14.2. The van der Waals surface area contributed by atoms with Gasteiger partial charge in [-0.3, -0.25) is 5.10 Å². The topological polar surface area (TPSA) is 74.6 Å². The zero-order chi connectivity index (χ0) is 17.3. The summed E-state index contributed by atoms with van der Waals surface area (Å²) >= 11 is 1.53. The third kappa shape index (κ3) is 5.23. The third-order valence-electron chi connectivity index (χ3n) is 3.28. The number of hydrogen-bond donors (Lipinski definition) is 1. The van der Waals surface area contributed by atoms with Crippen LogP contribution in [-0.4, -0.2) is 27.5 Å². The lowest BCUT2D eigenvalue weighted by atomic mass is 10.2. The van der Waals surface area contributed by atoms with E-state index in [9.17, 15) is 0 Å². The SMILES string of the molecule is N#Cc1ccc(OCCSc2n[nH]c(/C=C/c3ccccc3)n2)cc1. The Balaban J connectivity index is 1.44. The molecule has 0 unspecified atom stereocenters. The summed E-state index contributed by atoms with van der Waals surface area (Å²) in [4.78, 5) is 4.41. The van der Waals surface area contributed by atoms with Gasteiger partial charge in [-0.15, -0.1) is 5.10 Å². The second-order valence-corrected chi connectivity index (χ2v) is 6.14. The van der Waals surface area contributed by atoms with E-state index in [4.69, 9.17) is 10.00 Å². The van der Waals surface area contributed by atoms with E-state index in [1.54, 1.807) is 24.3 Å². The van der Waals surface area contributed by atoms with E-state index in [0.717, 1.165) is 22.9 Å². The number of benzene rings is 2. The number of nitrogens with zero attached hydrogens (tertiary/aromatic N) is 3. The molecule has 0 aliphatic carbocycles. The van der Waals surface area contributed by atoms with Crippen LogP contribution in [-0.2, 0) is 0 Å². The first-order valence-electron chi connectivity index (χ1n) is 7.75. The minimum atomic E-state index is 0.542. The zero-order valence-electron chi connectivity index (χ0n) is 13.4. The predicted molar refractivity (Wildman–Crippen MR) is 99.1 cm³/mol. The fourth-order valence-corrected chi connectivity index (χ4v) is 2.68. The van der Waals surface area contributed by atoms with Crippen LogP contribution in [0.2, 0.25) is 0 Å². The van der Waals surface area contributed by atoms with Crippen LogP contribution in [0.15, 0.2) is 59.8 Å². The number of aromatic amines is 1. The molecule has 1 aromatic heterocycles. The number of H-pyrrole nitrogens is 1. The Morgan fingerprint density at radius 3 is 2.64 bits per heavy atom. The lowest BCUT2D eigenvalue weighted by Gasteiger charge is -2.04. The quantitative estimate of drug-likeness (QED) is 0.516. The molecule has 0 radical (unpaired) electrons. The molecule has 0 amide bonds. The standard InChI is InChI=1S/C19H16N4OS/c20-14-16-6-9-17(10-7-16)24-12-13-25-19-21-18(22-23-19)11-8-15-4-2-1-3-5-15/h1-11H,12-13H2,(H,21,22,23)/b11-8+. The van der Waals surface area contributed by atoms with Crippen LogP contribution in [0.5, 0.6) is 5.75 Å². The maximum Gasteiger partial charge on any atom is 0.208 e. The average molecular weight is 348 g/mol. The highest BCUT2D eigenvalue weighted by Gasteiger charge is 2.02. The molecule has 3 aromatic rings. The number of hydrogen-bond acceptors (Lipinski definition) is 5. The third-order valence-corrected chi connectivity index (χ3v) is 4.09. The first kappa shape index (κ1) is 16.8. The van der Waals surface area contributed by atoms with Crippen molar-refractivity contribution in [1.29, 1.82) is 5.26 Å². The Morgan fingerprint density at radius 1 is 1.08 bits per heavy atom. The van der Waals surface area contributed by atoms with Crippen molar-refractivity contribution in [3.8, 4) is 11.8 Å². The van der Waals surface area contributed by atoms with E-state index in [0.29, 0.717) is 17.3 Å². The van der Waals surface area contributed by atoms with Gasteiger partial charge in [-0.25, -0.2) is 4.98 Å². The van der Waals surface area contributed by atoms with Gasteiger partial charge in [0.15, 0.2) is 0 Å². The fourth-order valence-electron chi connectivity index (χ4n) is 2.05. The molecule has 0 bridgehead atoms. The van der Waals surface area contributed by atoms with Gasteiger partial charge in [0.05, 0.1) is 18.2 Å². The van der Waals surface area contributed by atoms with Crippen molar-refractivity contribution in [2.45, 2.75) is 5.16 Å². The van der Waals surface area contributed by atoms with Crippen molar-refractivity contribution < 1.29 is 4.74 Å². The summed E-state index contributed by atoms with van der Waals surface area (Å²) in [6.07, 6.45) is 3.89. The molecule has 2 aromatic carbocycles. The van der Waals surface area contributed by atoms with Gasteiger partial charge in [-0.1, -0.05) is 48.2 Å². The van der Waals surface area contributed by atoms with Crippen LogP contribution in [0.3, 0.4) is 0 Å². The van der Waals surface area contributed by atoms with E-state index in [1.165, 1.54) is 11.8 Å². The van der Waals surface area contributed by atoms with Gasteiger partial charge in [0, 0.05) is 5.75 Å². The summed E-state index contributed by atoms with van der Waals surface area (Å²) in [7, 11) is 0. The van der Waals surface area contributed by atoms with Gasteiger partial charge in [0.25, 0.3) is 0 Å². The second-order valence-electron chi connectivity index (χ2n) is 5.08. The van der Waals surface area contributed by atoms with Crippen LogP contribution < -0.4 is 4.74 Å². The Labute approximate surface area is 150 Å². The van der Waals surface area contributed by atoms with Crippen LogP contribution in [0.25, 0.3) is 12.2 Å². The monoisotopic (exact) mass is 348 g/mol. The summed E-state index contributed by atoms with van der Waals surface area (Å²) < 4.78 is 5.63. The molecule has 6 heteroatoms. The first-order valence-corrected chi connectivity index (χ1v) is 8.73. The van der Waals surface area contributed by atoms with Crippen LogP contribution >= 0.6 is 11.8 Å². The number of rotatable bonds is 7. The Kier molecular flexibility index (Phi) is 5.86. The number of thioether (sulfide) groups is 1. The summed E-state index contributed by atoms with van der Waals surface area (Å²) in [6.45, 7) is 0.542. The molecule has 124 valence electrons. The van der Waals surface area contributed by atoms with Gasteiger partial charge in [-0.05, 0) is 35.9 Å². The number of aromatic nitrogens is 3. The maximum absolute atomic E-state index is 8.76. The summed E-state index contributed by atoms with van der Waals surface area (Å²) in [5, 5.41) is 16.5. The molecule has 5 nitrogen and oxygen atoms in total. The summed E-state index contributed by atoms with van der Waals surface area (Å²) in [6, 6.07) is 19.2. The van der Waals surface area contributed by atoms with Crippen LogP contribution in [0.1, 0.15) is 17.0 Å². The van der Waals surface area contributed by atoms with Gasteiger partial charge >= 0.3 is 0 Å².